The Kier molecular flexibility index (Phi) is 8.57. The van der Waals surface area contributed by atoms with E-state index >= 15 is 0 Å². The molecule has 0 aromatic heterocycles. The number of hydrogen-bond acceptors (Lipinski definition) is 3. The van der Waals surface area contributed by atoms with Gasteiger partial charge in [0.15, 0.2) is 5.96 Å². The van der Waals surface area contributed by atoms with E-state index in [1.165, 1.54) is 12.1 Å². The molecular weight excluding hydrogens is 319 g/mol. The fraction of sp³-hybridized carbons (Fsp3) is 0.533. The van der Waals surface area contributed by atoms with Crippen LogP contribution in [0.25, 0.3) is 0 Å². The number of halogens is 1. The monoisotopic (exact) mass is 344 g/mol. The first-order valence-corrected chi connectivity index (χ1v) is 9.36. The third kappa shape index (κ3) is 8.51. The van der Waals surface area contributed by atoms with Crippen molar-refractivity contribution in [1.82, 2.24) is 15.4 Å². The number of rotatable bonds is 9. The third-order valence-electron chi connectivity index (χ3n) is 3.02. The van der Waals surface area contributed by atoms with Crippen LogP contribution in [0.2, 0.25) is 0 Å². The first kappa shape index (κ1) is 19.4. The highest BCUT2D eigenvalue weighted by molar-refractivity contribution is 7.89. The molecule has 1 aromatic carbocycles. The van der Waals surface area contributed by atoms with Gasteiger partial charge in [-0.25, -0.2) is 17.5 Å². The Morgan fingerprint density at radius 3 is 2.65 bits per heavy atom. The maximum absolute atomic E-state index is 13.1. The van der Waals surface area contributed by atoms with Gasteiger partial charge in [-0.1, -0.05) is 12.1 Å². The maximum Gasteiger partial charge on any atom is 0.211 e. The van der Waals surface area contributed by atoms with Crippen LogP contribution in [-0.4, -0.2) is 46.3 Å². The van der Waals surface area contributed by atoms with Gasteiger partial charge in [0.2, 0.25) is 10.0 Å². The van der Waals surface area contributed by atoms with Gasteiger partial charge >= 0.3 is 0 Å². The Bertz CT molecular complexity index is 605. The highest BCUT2D eigenvalue weighted by Gasteiger charge is 2.04. The second kappa shape index (κ2) is 10.2. The van der Waals surface area contributed by atoms with Gasteiger partial charge in [-0.15, -0.1) is 0 Å². The number of nitrogens with zero attached hydrogens (tertiary/aromatic N) is 1. The molecule has 1 aromatic rings. The fourth-order valence-corrected chi connectivity index (χ4v) is 2.44. The summed E-state index contributed by atoms with van der Waals surface area (Å²) in [4.78, 5) is 4.29. The second-order valence-electron chi connectivity index (χ2n) is 4.87. The molecule has 130 valence electrons. The van der Waals surface area contributed by atoms with Crippen LogP contribution in [0.5, 0.6) is 0 Å². The van der Waals surface area contributed by atoms with E-state index in [9.17, 15) is 12.8 Å². The van der Waals surface area contributed by atoms with Gasteiger partial charge in [-0.2, -0.15) is 0 Å². The fourth-order valence-electron chi connectivity index (χ4n) is 1.83. The SMILES string of the molecule is CCNC(=NCCNS(=O)(=O)CC)NCCc1cccc(F)c1. The van der Waals surface area contributed by atoms with Crippen molar-refractivity contribution in [1.29, 1.82) is 0 Å². The molecule has 0 bridgehead atoms. The van der Waals surface area contributed by atoms with E-state index in [1.807, 2.05) is 13.0 Å². The second-order valence-corrected chi connectivity index (χ2v) is 6.96. The number of aliphatic imine (C=N–C) groups is 1. The predicted molar refractivity (Wildman–Crippen MR) is 91.5 cm³/mol. The van der Waals surface area contributed by atoms with Crippen molar-refractivity contribution in [3.8, 4) is 0 Å². The molecule has 0 amide bonds. The van der Waals surface area contributed by atoms with Crippen molar-refractivity contribution in [3.63, 3.8) is 0 Å². The molecule has 23 heavy (non-hydrogen) atoms. The van der Waals surface area contributed by atoms with Crippen molar-refractivity contribution < 1.29 is 12.8 Å². The van der Waals surface area contributed by atoms with Crippen LogP contribution in [0.3, 0.4) is 0 Å². The molecule has 0 aliphatic rings. The highest BCUT2D eigenvalue weighted by Crippen LogP contribution is 2.03. The molecule has 0 fully saturated rings. The summed E-state index contributed by atoms with van der Waals surface area (Å²) in [6.45, 7) is 5.45. The standard InChI is InChI=1S/C15H25FN4O2S/c1-3-17-15(19-10-11-20-23(21,22)4-2)18-9-8-13-6-5-7-14(16)12-13/h5-7,12,20H,3-4,8-11H2,1-2H3,(H2,17,18,19). The van der Waals surface area contributed by atoms with Gasteiger partial charge in [-0.05, 0) is 38.0 Å². The zero-order chi connectivity index (χ0) is 17.1. The molecular formula is C15H25FN4O2S. The van der Waals surface area contributed by atoms with Gasteiger partial charge < -0.3 is 10.6 Å². The molecule has 0 aliphatic heterocycles. The lowest BCUT2D eigenvalue weighted by atomic mass is 10.1. The molecule has 0 atom stereocenters. The summed E-state index contributed by atoms with van der Waals surface area (Å²) in [5.74, 6) is 0.425. The van der Waals surface area contributed by atoms with Crippen molar-refractivity contribution in [2.45, 2.75) is 20.3 Å². The normalized spacial score (nSPS) is 12.2. The van der Waals surface area contributed by atoms with E-state index < -0.39 is 10.0 Å². The number of guanidine groups is 1. The van der Waals surface area contributed by atoms with Crippen molar-refractivity contribution in [2.24, 2.45) is 4.99 Å². The Morgan fingerprint density at radius 2 is 2.00 bits per heavy atom. The molecule has 3 N–H and O–H groups in total. The molecule has 8 heteroatoms. The van der Waals surface area contributed by atoms with E-state index in [2.05, 4.69) is 20.3 Å². The topological polar surface area (TPSA) is 82.6 Å². The van der Waals surface area contributed by atoms with Gasteiger partial charge in [-0.3, -0.25) is 4.99 Å². The van der Waals surface area contributed by atoms with E-state index in [0.29, 0.717) is 32.0 Å². The van der Waals surface area contributed by atoms with Crippen molar-refractivity contribution >= 4 is 16.0 Å². The maximum atomic E-state index is 13.1. The van der Waals surface area contributed by atoms with Crippen LogP contribution in [-0.2, 0) is 16.4 Å². The number of nitrogens with one attached hydrogen (secondary N) is 3. The number of benzene rings is 1. The highest BCUT2D eigenvalue weighted by atomic mass is 32.2. The number of sulfonamides is 1. The third-order valence-corrected chi connectivity index (χ3v) is 4.43. The van der Waals surface area contributed by atoms with E-state index in [0.717, 1.165) is 5.56 Å². The Labute approximate surface area is 137 Å². The minimum Gasteiger partial charge on any atom is -0.357 e. The average molecular weight is 344 g/mol. The lowest BCUT2D eigenvalue weighted by Crippen LogP contribution is -2.39. The Hall–Kier alpha value is -1.67. The molecule has 1 rings (SSSR count). The lowest BCUT2D eigenvalue weighted by molar-refractivity contribution is 0.583. The van der Waals surface area contributed by atoms with E-state index in [1.54, 1.807) is 13.0 Å². The predicted octanol–water partition coefficient (Wildman–Crippen LogP) is 0.863. The van der Waals surface area contributed by atoms with E-state index in [4.69, 9.17) is 0 Å². The van der Waals surface area contributed by atoms with Crippen LogP contribution < -0.4 is 15.4 Å². The summed E-state index contributed by atoms with van der Waals surface area (Å²) in [6.07, 6.45) is 0.671. The zero-order valence-corrected chi connectivity index (χ0v) is 14.4. The van der Waals surface area contributed by atoms with Crippen LogP contribution in [0, 0.1) is 5.82 Å². The molecule has 0 spiro atoms. The van der Waals surface area contributed by atoms with Crippen LogP contribution in [0.15, 0.2) is 29.3 Å². The first-order chi connectivity index (χ1) is 11.0. The molecule has 6 nitrogen and oxygen atoms in total. The summed E-state index contributed by atoms with van der Waals surface area (Å²) in [5.41, 5.74) is 0.907. The molecule has 0 heterocycles. The molecule has 0 aliphatic carbocycles. The quantitative estimate of drug-likeness (QED) is 0.353. The minimum absolute atomic E-state index is 0.0582. The average Bonchev–Trinajstić information content (AvgIpc) is 2.51. The Balaban J connectivity index is 2.40. The summed E-state index contributed by atoms with van der Waals surface area (Å²) in [5, 5.41) is 6.22. The van der Waals surface area contributed by atoms with Gasteiger partial charge in [0.05, 0.1) is 12.3 Å². The Morgan fingerprint density at radius 1 is 1.22 bits per heavy atom. The van der Waals surface area contributed by atoms with Crippen LogP contribution >= 0.6 is 0 Å². The summed E-state index contributed by atoms with van der Waals surface area (Å²) in [7, 11) is -3.18. The summed E-state index contributed by atoms with van der Waals surface area (Å²) < 4.78 is 38.2. The van der Waals surface area contributed by atoms with Crippen molar-refractivity contribution in [2.75, 3.05) is 31.9 Å². The van der Waals surface area contributed by atoms with E-state index in [-0.39, 0.29) is 18.1 Å². The molecule has 0 saturated heterocycles. The van der Waals surface area contributed by atoms with Crippen LogP contribution in [0.4, 0.5) is 4.39 Å². The minimum atomic E-state index is -3.18. The lowest BCUT2D eigenvalue weighted by Gasteiger charge is -2.11. The van der Waals surface area contributed by atoms with Crippen molar-refractivity contribution in [3.05, 3.63) is 35.6 Å². The number of hydrogen-bond donors (Lipinski definition) is 3. The molecule has 0 radical (unpaired) electrons. The summed E-state index contributed by atoms with van der Waals surface area (Å²) >= 11 is 0. The zero-order valence-electron chi connectivity index (χ0n) is 13.6. The van der Waals surface area contributed by atoms with Gasteiger partial charge in [0.25, 0.3) is 0 Å². The molecule has 0 unspecified atom stereocenters. The first-order valence-electron chi connectivity index (χ1n) is 7.70. The summed E-state index contributed by atoms with van der Waals surface area (Å²) in [6, 6.07) is 6.48. The molecule has 0 saturated carbocycles. The van der Waals surface area contributed by atoms with Gasteiger partial charge in [0.1, 0.15) is 5.82 Å². The van der Waals surface area contributed by atoms with Crippen LogP contribution in [0.1, 0.15) is 19.4 Å². The van der Waals surface area contributed by atoms with Gasteiger partial charge in [0, 0.05) is 19.6 Å². The smallest absolute Gasteiger partial charge is 0.211 e. The largest absolute Gasteiger partial charge is 0.357 e.